The van der Waals surface area contributed by atoms with E-state index in [2.05, 4.69) is 5.32 Å². The lowest BCUT2D eigenvalue weighted by molar-refractivity contribution is 0.0946. The Kier molecular flexibility index (Phi) is 4.23. The van der Waals surface area contributed by atoms with Crippen molar-refractivity contribution in [3.63, 3.8) is 0 Å². The molecule has 82 valence electrons. The minimum atomic E-state index is -0.216. The van der Waals surface area contributed by atoms with Gasteiger partial charge in [0, 0.05) is 5.38 Å². The Morgan fingerprint density at radius 2 is 2.33 bits per heavy atom. The summed E-state index contributed by atoms with van der Waals surface area (Å²) in [4.78, 5) is 12.1. The van der Waals surface area contributed by atoms with Crippen molar-refractivity contribution in [3.8, 4) is 0 Å². The summed E-state index contributed by atoms with van der Waals surface area (Å²) in [7, 11) is 0. The molecule has 0 radical (unpaired) electrons. The van der Waals surface area contributed by atoms with Crippen LogP contribution in [0.5, 0.6) is 0 Å². The number of hydrogen-bond acceptors (Lipinski definition) is 3. The van der Waals surface area contributed by atoms with Crippen LogP contribution in [-0.4, -0.2) is 16.9 Å². The minimum absolute atomic E-state index is 0.103. The van der Waals surface area contributed by atoms with Crippen LogP contribution in [0.15, 0.2) is 10.8 Å². The van der Waals surface area contributed by atoms with Crippen molar-refractivity contribution in [3.05, 3.63) is 21.9 Å². The summed E-state index contributed by atoms with van der Waals surface area (Å²) in [6, 6.07) is -0.216. The first-order valence-corrected chi connectivity index (χ1v) is 6.04. The SMILES string of the molecule is CCC(NC(=O)c1cscc1C)C(N)=S. The summed E-state index contributed by atoms with van der Waals surface area (Å²) in [5.41, 5.74) is 7.19. The van der Waals surface area contributed by atoms with Crippen molar-refractivity contribution in [2.24, 2.45) is 5.73 Å². The van der Waals surface area contributed by atoms with Gasteiger partial charge < -0.3 is 11.1 Å². The van der Waals surface area contributed by atoms with Crippen LogP contribution < -0.4 is 11.1 Å². The molecule has 3 nitrogen and oxygen atoms in total. The topological polar surface area (TPSA) is 55.1 Å². The first-order valence-electron chi connectivity index (χ1n) is 4.69. The molecule has 0 saturated heterocycles. The highest BCUT2D eigenvalue weighted by atomic mass is 32.1. The maximum Gasteiger partial charge on any atom is 0.252 e. The molecule has 0 aliphatic rings. The Morgan fingerprint density at radius 1 is 1.67 bits per heavy atom. The molecule has 0 aliphatic heterocycles. The highest BCUT2D eigenvalue weighted by molar-refractivity contribution is 7.80. The number of hydrogen-bond donors (Lipinski definition) is 2. The third-order valence-electron chi connectivity index (χ3n) is 2.16. The molecule has 0 bridgehead atoms. The predicted molar refractivity (Wildman–Crippen MR) is 67.4 cm³/mol. The molecule has 0 spiro atoms. The van der Waals surface area contributed by atoms with Gasteiger partial charge in [0.25, 0.3) is 5.91 Å². The van der Waals surface area contributed by atoms with Crippen LogP contribution in [0.1, 0.15) is 29.3 Å². The first kappa shape index (κ1) is 12.1. The molecule has 0 aromatic carbocycles. The van der Waals surface area contributed by atoms with Crippen LogP contribution in [0.4, 0.5) is 0 Å². The standard InChI is InChI=1S/C10H14N2OS2/c1-3-8(9(11)14)12-10(13)7-5-15-4-6(7)2/h4-5,8H,3H2,1-2H3,(H2,11,14)(H,12,13). The van der Waals surface area contributed by atoms with E-state index in [1.807, 2.05) is 24.6 Å². The monoisotopic (exact) mass is 242 g/mol. The Morgan fingerprint density at radius 3 is 2.73 bits per heavy atom. The van der Waals surface area contributed by atoms with E-state index in [9.17, 15) is 4.79 Å². The van der Waals surface area contributed by atoms with Crippen LogP contribution >= 0.6 is 23.6 Å². The fourth-order valence-electron chi connectivity index (χ4n) is 1.20. The smallest absolute Gasteiger partial charge is 0.252 e. The molecule has 1 heterocycles. The number of amides is 1. The lowest BCUT2D eigenvalue weighted by atomic mass is 10.1. The summed E-state index contributed by atoms with van der Waals surface area (Å²) < 4.78 is 0. The highest BCUT2D eigenvalue weighted by Gasteiger charge is 2.15. The van der Waals surface area contributed by atoms with E-state index in [4.69, 9.17) is 18.0 Å². The normalized spacial score (nSPS) is 12.1. The summed E-state index contributed by atoms with van der Waals surface area (Å²) in [6.07, 6.45) is 0.713. The molecule has 1 aromatic heterocycles. The second kappa shape index (κ2) is 5.23. The molecule has 3 N–H and O–H groups in total. The van der Waals surface area contributed by atoms with Gasteiger partial charge in [-0.15, -0.1) is 0 Å². The largest absolute Gasteiger partial charge is 0.392 e. The molecule has 5 heteroatoms. The van der Waals surface area contributed by atoms with E-state index in [0.717, 1.165) is 5.56 Å². The zero-order valence-corrected chi connectivity index (χ0v) is 10.4. The van der Waals surface area contributed by atoms with Crippen molar-refractivity contribution in [1.82, 2.24) is 5.32 Å². The maximum atomic E-state index is 11.8. The number of rotatable bonds is 4. The molecule has 1 amide bonds. The fourth-order valence-corrected chi connectivity index (χ4v) is 2.26. The number of nitrogens with one attached hydrogen (secondary N) is 1. The molecular weight excluding hydrogens is 228 g/mol. The lowest BCUT2D eigenvalue weighted by Gasteiger charge is -2.14. The van der Waals surface area contributed by atoms with Crippen LogP contribution in [0.25, 0.3) is 0 Å². The number of nitrogens with two attached hydrogens (primary N) is 1. The Labute approximate surface area is 98.7 Å². The summed E-state index contributed by atoms with van der Waals surface area (Å²) >= 11 is 6.38. The second-order valence-electron chi connectivity index (χ2n) is 3.31. The van der Waals surface area contributed by atoms with Gasteiger partial charge in [0.1, 0.15) is 0 Å². The van der Waals surface area contributed by atoms with Crippen molar-refractivity contribution in [1.29, 1.82) is 0 Å². The Bertz CT molecular complexity index is 373. The van der Waals surface area contributed by atoms with Crippen LogP contribution in [0, 0.1) is 6.92 Å². The van der Waals surface area contributed by atoms with Crippen molar-refractivity contribution in [2.45, 2.75) is 26.3 Å². The number of thiocarbonyl (C=S) groups is 1. The molecule has 1 aromatic rings. The van der Waals surface area contributed by atoms with Crippen molar-refractivity contribution < 1.29 is 4.79 Å². The molecule has 0 fully saturated rings. The van der Waals surface area contributed by atoms with E-state index in [1.54, 1.807) is 0 Å². The van der Waals surface area contributed by atoms with Gasteiger partial charge in [-0.3, -0.25) is 4.79 Å². The molecule has 0 saturated carbocycles. The van der Waals surface area contributed by atoms with Gasteiger partial charge >= 0.3 is 0 Å². The Hall–Kier alpha value is -0.940. The number of aryl methyl sites for hydroxylation is 1. The van der Waals surface area contributed by atoms with E-state index in [0.29, 0.717) is 17.0 Å². The van der Waals surface area contributed by atoms with Gasteiger partial charge in [-0.25, -0.2) is 0 Å². The second-order valence-corrected chi connectivity index (χ2v) is 4.52. The van der Waals surface area contributed by atoms with Gasteiger partial charge in [-0.05, 0) is 24.3 Å². The molecule has 1 rings (SSSR count). The zero-order chi connectivity index (χ0) is 11.4. The molecule has 1 atom stereocenters. The number of carbonyl (C=O) groups excluding carboxylic acids is 1. The molecule has 1 unspecified atom stereocenters. The van der Waals surface area contributed by atoms with Crippen molar-refractivity contribution in [2.75, 3.05) is 0 Å². The third-order valence-corrected chi connectivity index (χ3v) is 3.30. The predicted octanol–water partition coefficient (Wildman–Crippen LogP) is 1.85. The average molecular weight is 242 g/mol. The number of thiophene rings is 1. The molecule has 0 aliphatic carbocycles. The number of carbonyl (C=O) groups is 1. The van der Waals surface area contributed by atoms with Gasteiger partial charge in [0.05, 0.1) is 16.6 Å². The minimum Gasteiger partial charge on any atom is -0.392 e. The summed E-state index contributed by atoms with van der Waals surface area (Å²) in [6.45, 7) is 3.84. The van der Waals surface area contributed by atoms with Crippen LogP contribution in [-0.2, 0) is 0 Å². The summed E-state index contributed by atoms with van der Waals surface area (Å²) in [5, 5.41) is 6.58. The van der Waals surface area contributed by atoms with E-state index in [-0.39, 0.29) is 11.9 Å². The quantitative estimate of drug-likeness (QED) is 0.792. The first-order chi connectivity index (χ1) is 7.06. The zero-order valence-electron chi connectivity index (χ0n) is 8.74. The van der Waals surface area contributed by atoms with Gasteiger partial charge in [-0.1, -0.05) is 19.1 Å². The van der Waals surface area contributed by atoms with Crippen LogP contribution in [0.2, 0.25) is 0 Å². The average Bonchev–Trinajstić information content (AvgIpc) is 2.60. The van der Waals surface area contributed by atoms with E-state index < -0.39 is 0 Å². The molecule has 15 heavy (non-hydrogen) atoms. The summed E-state index contributed by atoms with van der Waals surface area (Å²) in [5.74, 6) is -0.103. The van der Waals surface area contributed by atoms with E-state index >= 15 is 0 Å². The molecular formula is C10H14N2OS2. The van der Waals surface area contributed by atoms with Gasteiger partial charge in [0.15, 0.2) is 0 Å². The fraction of sp³-hybridized carbons (Fsp3) is 0.400. The highest BCUT2D eigenvalue weighted by Crippen LogP contribution is 2.13. The lowest BCUT2D eigenvalue weighted by Crippen LogP contribution is -2.43. The van der Waals surface area contributed by atoms with Crippen molar-refractivity contribution >= 4 is 34.5 Å². The van der Waals surface area contributed by atoms with Gasteiger partial charge in [0.2, 0.25) is 0 Å². The van der Waals surface area contributed by atoms with Crippen LogP contribution in [0.3, 0.4) is 0 Å². The van der Waals surface area contributed by atoms with Gasteiger partial charge in [-0.2, -0.15) is 11.3 Å². The third kappa shape index (κ3) is 3.00. The maximum absolute atomic E-state index is 11.8. The van der Waals surface area contributed by atoms with E-state index in [1.165, 1.54) is 11.3 Å². The Balaban J connectivity index is 2.71.